The molecule has 0 aliphatic rings. The third-order valence-corrected chi connectivity index (χ3v) is 1.65. The van der Waals surface area contributed by atoms with Crippen LogP contribution >= 0.6 is 11.6 Å². The molecule has 1 rings (SSSR count). The molecule has 0 atom stereocenters. The van der Waals surface area contributed by atoms with Crippen LogP contribution in [0.5, 0.6) is 0 Å². The van der Waals surface area contributed by atoms with Crippen LogP contribution < -0.4 is 5.32 Å². The first-order chi connectivity index (χ1) is 6.58. The van der Waals surface area contributed by atoms with E-state index >= 15 is 0 Å². The molecule has 78 valence electrons. The summed E-state index contributed by atoms with van der Waals surface area (Å²) < 4.78 is 4.90. The number of amides is 1. The molecule has 0 aromatic heterocycles. The van der Waals surface area contributed by atoms with Gasteiger partial charge in [0.05, 0.1) is 6.10 Å². The average Bonchev–Trinajstić information content (AvgIpc) is 2.01. The summed E-state index contributed by atoms with van der Waals surface area (Å²) in [4.78, 5) is 11.2. The van der Waals surface area contributed by atoms with Gasteiger partial charge in [0.1, 0.15) is 0 Å². The van der Waals surface area contributed by atoms with Crippen molar-refractivity contribution in [3.63, 3.8) is 0 Å². The van der Waals surface area contributed by atoms with Gasteiger partial charge in [0.25, 0.3) is 0 Å². The Hall–Kier alpha value is -0.220. The maximum atomic E-state index is 11.2. The van der Waals surface area contributed by atoms with Crippen molar-refractivity contribution in [1.29, 1.82) is 0 Å². The fourth-order valence-corrected chi connectivity index (χ4v) is 1.12. The molecule has 15 heavy (non-hydrogen) atoms. The first-order valence-corrected chi connectivity index (χ1v) is 4.69. The number of benzene rings is 1. The van der Waals surface area contributed by atoms with E-state index in [4.69, 9.17) is 16.3 Å². The van der Waals surface area contributed by atoms with Crippen LogP contribution in [0.3, 0.4) is 0 Å². The van der Waals surface area contributed by atoms with Crippen LogP contribution in [-0.4, -0.2) is 41.8 Å². The molecule has 5 heteroatoms. The summed E-state index contributed by atoms with van der Waals surface area (Å²) >= 11 is 5.74. The molecule has 0 aliphatic carbocycles. The monoisotopic (exact) mass is 237 g/mol. The molecule has 1 amide bonds. The Balaban J connectivity index is 0.00000196. The second-order valence-electron chi connectivity index (χ2n) is 3.09. The first-order valence-electron chi connectivity index (χ1n) is 4.31. The van der Waals surface area contributed by atoms with Crippen LogP contribution in [0.2, 0.25) is 5.02 Å². The van der Waals surface area contributed by atoms with Crippen molar-refractivity contribution in [2.75, 3.05) is 5.32 Å². The number of hydrogen-bond donors (Lipinski definition) is 1. The molecule has 0 radical (unpaired) electrons. The molecule has 1 N–H and O–H groups in total. The maximum absolute atomic E-state index is 11.2. The van der Waals surface area contributed by atoms with E-state index < -0.39 is 6.09 Å². The van der Waals surface area contributed by atoms with Crippen molar-refractivity contribution in [2.24, 2.45) is 0 Å². The molecular formula is C10H13ClNNaO2. The Morgan fingerprint density at radius 3 is 2.67 bits per heavy atom. The molecule has 0 saturated heterocycles. The Bertz CT molecular complexity index is 331. The van der Waals surface area contributed by atoms with Crippen molar-refractivity contribution < 1.29 is 9.53 Å². The van der Waals surface area contributed by atoms with Crippen LogP contribution in [0.15, 0.2) is 24.3 Å². The second kappa shape index (κ2) is 7.12. The topological polar surface area (TPSA) is 38.3 Å². The van der Waals surface area contributed by atoms with E-state index in [2.05, 4.69) is 5.32 Å². The van der Waals surface area contributed by atoms with E-state index in [1.54, 1.807) is 38.1 Å². The first kappa shape index (κ1) is 14.8. The summed E-state index contributed by atoms with van der Waals surface area (Å²) in [6.07, 6.45) is -0.601. The SMILES string of the molecule is CC(C)OC(=O)Nc1cccc(Cl)c1.[NaH]. The fraction of sp³-hybridized carbons (Fsp3) is 0.300. The van der Waals surface area contributed by atoms with Crippen LogP contribution in [0.1, 0.15) is 13.8 Å². The zero-order chi connectivity index (χ0) is 10.6. The van der Waals surface area contributed by atoms with Crippen LogP contribution in [-0.2, 0) is 4.74 Å². The summed E-state index contributed by atoms with van der Waals surface area (Å²) in [5.74, 6) is 0. The molecule has 0 fully saturated rings. The average molecular weight is 238 g/mol. The fourth-order valence-electron chi connectivity index (χ4n) is 0.928. The van der Waals surface area contributed by atoms with Gasteiger partial charge in [-0.2, -0.15) is 0 Å². The van der Waals surface area contributed by atoms with Gasteiger partial charge in [-0.15, -0.1) is 0 Å². The number of rotatable bonds is 2. The van der Waals surface area contributed by atoms with Gasteiger partial charge in [-0.25, -0.2) is 4.79 Å². The molecule has 1 aromatic rings. The summed E-state index contributed by atoms with van der Waals surface area (Å²) in [6.45, 7) is 3.58. The third-order valence-electron chi connectivity index (χ3n) is 1.41. The Labute approximate surface area is 116 Å². The van der Waals surface area contributed by atoms with Gasteiger partial charge >= 0.3 is 35.7 Å². The zero-order valence-electron chi connectivity index (χ0n) is 8.08. The number of anilines is 1. The van der Waals surface area contributed by atoms with Gasteiger partial charge in [-0.05, 0) is 32.0 Å². The predicted octanol–water partition coefficient (Wildman–Crippen LogP) is 2.65. The van der Waals surface area contributed by atoms with E-state index in [0.29, 0.717) is 10.7 Å². The van der Waals surface area contributed by atoms with Gasteiger partial charge in [-0.1, -0.05) is 17.7 Å². The molecule has 3 nitrogen and oxygen atoms in total. The third kappa shape index (κ3) is 6.05. The molecule has 0 unspecified atom stereocenters. The number of ether oxygens (including phenoxy) is 1. The van der Waals surface area contributed by atoms with Crippen LogP contribution in [0.25, 0.3) is 0 Å². The van der Waals surface area contributed by atoms with Crippen molar-refractivity contribution in [3.8, 4) is 0 Å². The second-order valence-corrected chi connectivity index (χ2v) is 3.53. The summed E-state index contributed by atoms with van der Waals surface area (Å²) in [6, 6.07) is 6.89. The molecular weight excluding hydrogens is 225 g/mol. The van der Waals surface area contributed by atoms with Gasteiger partial charge in [-0.3, -0.25) is 5.32 Å². The van der Waals surface area contributed by atoms with Crippen LogP contribution in [0, 0.1) is 0 Å². The summed E-state index contributed by atoms with van der Waals surface area (Å²) in [7, 11) is 0. The van der Waals surface area contributed by atoms with E-state index in [9.17, 15) is 4.79 Å². The van der Waals surface area contributed by atoms with Crippen molar-refractivity contribution >= 4 is 52.9 Å². The van der Waals surface area contributed by atoms with Gasteiger partial charge in [0.2, 0.25) is 0 Å². The normalized spacial score (nSPS) is 9.33. The van der Waals surface area contributed by atoms with Gasteiger partial charge in [0.15, 0.2) is 0 Å². The van der Waals surface area contributed by atoms with Crippen molar-refractivity contribution in [3.05, 3.63) is 29.3 Å². The van der Waals surface area contributed by atoms with E-state index in [1.165, 1.54) is 0 Å². The number of carbonyl (C=O) groups is 1. The van der Waals surface area contributed by atoms with Gasteiger partial charge in [0, 0.05) is 10.7 Å². The number of carbonyl (C=O) groups excluding carboxylic acids is 1. The molecule has 1 aromatic carbocycles. The minimum absolute atomic E-state index is 0. The molecule has 0 bridgehead atoms. The standard InChI is InChI=1S/C10H12ClNO2.Na.H/c1-7(2)14-10(13)12-9-5-3-4-8(11)6-9;;/h3-7H,1-2H3,(H,12,13);;. The Morgan fingerprint density at radius 1 is 1.47 bits per heavy atom. The Kier molecular flexibility index (Phi) is 7.02. The summed E-state index contributed by atoms with van der Waals surface area (Å²) in [5.41, 5.74) is 0.628. The predicted molar refractivity (Wildman–Crippen MR) is 63.8 cm³/mol. The minimum atomic E-state index is -0.470. The Morgan fingerprint density at radius 2 is 2.13 bits per heavy atom. The molecule has 0 saturated carbocycles. The molecule has 0 heterocycles. The van der Waals surface area contributed by atoms with E-state index in [1.807, 2.05) is 0 Å². The number of nitrogens with one attached hydrogen (secondary N) is 1. The quantitative estimate of drug-likeness (QED) is 0.803. The van der Waals surface area contributed by atoms with E-state index in [-0.39, 0.29) is 35.7 Å². The van der Waals surface area contributed by atoms with Gasteiger partial charge < -0.3 is 4.74 Å². The van der Waals surface area contributed by atoms with E-state index in [0.717, 1.165) is 0 Å². The number of halogens is 1. The number of hydrogen-bond acceptors (Lipinski definition) is 2. The zero-order valence-corrected chi connectivity index (χ0v) is 8.84. The van der Waals surface area contributed by atoms with Crippen molar-refractivity contribution in [1.82, 2.24) is 0 Å². The summed E-state index contributed by atoms with van der Waals surface area (Å²) in [5, 5.41) is 3.14. The van der Waals surface area contributed by atoms with Crippen molar-refractivity contribution in [2.45, 2.75) is 20.0 Å². The van der Waals surface area contributed by atoms with Crippen LogP contribution in [0.4, 0.5) is 10.5 Å². The molecule has 0 aliphatic heterocycles. The molecule has 0 spiro atoms.